The highest BCUT2D eigenvalue weighted by molar-refractivity contribution is 6.07. The number of ketones is 2. The minimum absolute atomic E-state index is 0.0103. The average Bonchev–Trinajstić information content (AvgIpc) is 2.81. The lowest BCUT2D eigenvalue weighted by molar-refractivity contribution is -0.139. The van der Waals surface area contributed by atoms with Crippen LogP contribution in [-0.4, -0.2) is 23.6 Å². The Kier molecular flexibility index (Phi) is 5.71. The number of fused-ring (bicyclic) bond motifs is 1. The second-order valence-electron chi connectivity index (χ2n) is 6.77. The molecule has 0 spiro atoms. The minimum Gasteiger partial charge on any atom is -0.454 e. The van der Waals surface area contributed by atoms with Gasteiger partial charge in [-0.3, -0.25) is 9.59 Å². The van der Waals surface area contributed by atoms with Crippen LogP contribution in [0.2, 0.25) is 0 Å². The zero-order chi connectivity index (χ0) is 17.9. The Morgan fingerprint density at radius 3 is 2.54 bits per heavy atom. The quantitative estimate of drug-likeness (QED) is 0.545. The smallest absolute Gasteiger partial charge is 0.334 e. The lowest BCUT2D eigenvalue weighted by Crippen LogP contribution is -2.12. The molecule has 0 amide bonds. The summed E-state index contributed by atoms with van der Waals surface area (Å²) in [5.74, 6) is -0.574. The number of Topliss-reactive ketones (excluding diaryl/α,β-unsaturated/α-hetero) is 1. The van der Waals surface area contributed by atoms with Crippen LogP contribution in [0.15, 0.2) is 47.1 Å². The summed E-state index contributed by atoms with van der Waals surface area (Å²) in [5, 5.41) is 0. The van der Waals surface area contributed by atoms with Gasteiger partial charge in [-0.25, -0.2) is 4.79 Å². The molecule has 0 aromatic heterocycles. The molecule has 1 unspecified atom stereocenters. The summed E-state index contributed by atoms with van der Waals surface area (Å²) in [6, 6.07) is 0. The summed E-state index contributed by atoms with van der Waals surface area (Å²) in [5.41, 5.74) is 2.85. The predicted molar refractivity (Wildman–Crippen MR) is 92.3 cm³/mol. The molecule has 2 aliphatic rings. The molecule has 0 aromatic carbocycles. The fourth-order valence-corrected chi connectivity index (χ4v) is 3.02. The Morgan fingerprint density at radius 2 is 1.88 bits per heavy atom. The predicted octanol–water partition coefficient (Wildman–Crippen LogP) is 3.64. The summed E-state index contributed by atoms with van der Waals surface area (Å²) >= 11 is 0. The standard InChI is InChI=1S/C20H24O4/c1-12(2)15-5-6-16-10-18(24-20(16)23)8-13(3)7-17(21)9-14(4)19(22)11-15/h7,9-10,15,18H,1,5-6,8,11H2,2-4H3/b13-7-,14-9+/t15?,18-/m0/s1. The second kappa shape index (κ2) is 7.56. The summed E-state index contributed by atoms with van der Waals surface area (Å²) in [4.78, 5) is 36.4. The monoisotopic (exact) mass is 328 g/mol. The van der Waals surface area contributed by atoms with Gasteiger partial charge in [0.1, 0.15) is 6.10 Å². The van der Waals surface area contributed by atoms with E-state index in [1.165, 1.54) is 12.2 Å². The van der Waals surface area contributed by atoms with Crippen molar-refractivity contribution in [2.45, 2.75) is 52.6 Å². The Balaban J connectivity index is 2.32. The van der Waals surface area contributed by atoms with E-state index in [1.54, 1.807) is 6.92 Å². The van der Waals surface area contributed by atoms with Crippen molar-refractivity contribution in [2.75, 3.05) is 0 Å². The molecule has 1 aliphatic carbocycles. The number of esters is 1. The zero-order valence-electron chi connectivity index (χ0n) is 14.6. The van der Waals surface area contributed by atoms with Crippen LogP contribution in [0.25, 0.3) is 0 Å². The van der Waals surface area contributed by atoms with Gasteiger partial charge in [-0.05, 0) is 63.3 Å². The molecule has 0 fully saturated rings. The van der Waals surface area contributed by atoms with E-state index in [9.17, 15) is 14.4 Å². The number of hydrogen-bond donors (Lipinski definition) is 0. The summed E-state index contributed by atoms with van der Waals surface area (Å²) in [6.07, 6.45) is 6.46. The fourth-order valence-electron chi connectivity index (χ4n) is 3.02. The van der Waals surface area contributed by atoms with E-state index in [-0.39, 0.29) is 29.6 Å². The summed E-state index contributed by atoms with van der Waals surface area (Å²) in [6.45, 7) is 9.35. The van der Waals surface area contributed by atoms with Crippen molar-refractivity contribution in [3.63, 3.8) is 0 Å². The molecule has 1 heterocycles. The van der Waals surface area contributed by atoms with E-state index >= 15 is 0 Å². The van der Waals surface area contributed by atoms with Crippen LogP contribution in [0.3, 0.4) is 0 Å². The molecule has 0 N–H and O–H groups in total. The molecule has 0 radical (unpaired) electrons. The van der Waals surface area contributed by atoms with E-state index in [0.717, 1.165) is 11.1 Å². The van der Waals surface area contributed by atoms with E-state index in [4.69, 9.17) is 4.74 Å². The first-order valence-corrected chi connectivity index (χ1v) is 8.26. The first-order valence-electron chi connectivity index (χ1n) is 8.26. The van der Waals surface area contributed by atoms with E-state index in [0.29, 0.717) is 36.8 Å². The highest BCUT2D eigenvalue weighted by Gasteiger charge is 2.27. The molecular formula is C20H24O4. The van der Waals surface area contributed by atoms with Gasteiger partial charge in [0, 0.05) is 18.4 Å². The molecule has 128 valence electrons. The van der Waals surface area contributed by atoms with Crippen molar-refractivity contribution in [3.05, 3.63) is 47.1 Å². The maximum Gasteiger partial charge on any atom is 0.334 e. The Hall–Kier alpha value is -2.23. The normalized spacial score (nSPS) is 30.5. The molecule has 4 heteroatoms. The minimum atomic E-state index is -0.311. The maximum atomic E-state index is 12.4. The number of rotatable bonds is 1. The van der Waals surface area contributed by atoms with Crippen LogP contribution in [0, 0.1) is 5.92 Å². The van der Waals surface area contributed by atoms with E-state index < -0.39 is 0 Å². The van der Waals surface area contributed by atoms with Crippen molar-refractivity contribution in [1.29, 1.82) is 0 Å². The van der Waals surface area contributed by atoms with E-state index in [1.807, 2.05) is 19.9 Å². The first kappa shape index (κ1) is 18.1. The molecule has 0 saturated carbocycles. The van der Waals surface area contributed by atoms with Crippen molar-refractivity contribution in [1.82, 2.24) is 0 Å². The van der Waals surface area contributed by atoms with Crippen LogP contribution in [0.5, 0.6) is 0 Å². The topological polar surface area (TPSA) is 60.4 Å². The van der Waals surface area contributed by atoms with Crippen molar-refractivity contribution in [3.8, 4) is 0 Å². The number of ether oxygens (including phenoxy) is 1. The third kappa shape index (κ3) is 4.63. The molecule has 1 aliphatic heterocycles. The molecule has 2 bridgehead atoms. The summed E-state index contributed by atoms with van der Waals surface area (Å²) in [7, 11) is 0. The van der Waals surface area contributed by atoms with Gasteiger partial charge in [0.25, 0.3) is 0 Å². The number of carbonyl (C=O) groups is 3. The Morgan fingerprint density at radius 1 is 1.17 bits per heavy atom. The fraction of sp³-hybridized carbons (Fsp3) is 0.450. The van der Waals surface area contributed by atoms with Crippen molar-refractivity contribution in [2.24, 2.45) is 5.92 Å². The largest absolute Gasteiger partial charge is 0.454 e. The maximum absolute atomic E-state index is 12.4. The van der Waals surface area contributed by atoms with Gasteiger partial charge < -0.3 is 4.74 Å². The molecule has 0 saturated heterocycles. The molecule has 24 heavy (non-hydrogen) atoms. The van der Waals surface area contributed by atoms with E-state index in [2.05, 4.69) is 6.58 Å². The third-order valence-electron chi connectivity index (χ3n) is 4.51. The molecular weight excluding hydrogens is 304 g/mol. The Bertz CT molecular complexity index is 676. The number of hydrogen-bond acceptors (Lipinski definition) is 4. The van der Waals surface area contributed by atoms with Gasteiger partial charge >= 0.3 is 5.97 Å². The molecule has 0 aromatic rings. The van der Waals surface area contributed by atoms with Gasteiger partial charge in [0.2, 0.25) is 0 Å². The van der Waals surface area contributed by atoms with Gasteiger partial charge in [0.05, 0.1) is 0 Å². The van der Waals surface area contributed by atoms with Crippen LogP contribution in [0.4, 0.5) is 0 Å². The van der Waals surface area contributed by atoms with Crippen molar-refractivity contribution >= 4 is 17.5 Å². The van der Waals surface area contributed by atoms with Crippen molar-refractivity contribution < 1.29 is 19.1 Å². The van der Waals surface area contributed by atoms with Gasteiger partial charge in [-0.15, -0.1) is 0 Å². The zero-order valence-corrected chi connectivity index (χ0v) is 14.6. The lowest BCUT2D eigenvalue weighted by atomic mass is 9.87. The van der Waals surface area contributed by atoms with Crippen LogP contribution in [0.1, 0.15) is 46.5 Å². The third-order valence-corrected chi connectivity index (χ3v) is 4.51. The highest BCUT2D eigenvalue weighted by atomic mass is 16.5. The SMILES string of the molecule is C=C(C)C1CCC2=C[C@H](C/C(C)=C\C(=O)/C=C(\C)C(=O)C1)OC2=O. The van der Waals surface area contributed by atoms with Gasteiger partial charge in [0.15, 0.2) is 11.6 Å². The number of allylic oxidation sites excluding steroid dienone is 4. The average molecular weight is 328 g/mol. The van der Waals surface area contributed by atoms with Crippen LogP contribution >= 0.6 is 0 Å². The van der Waals surface area contributed by atoms with Crippen LogP contribution in [-0.2, 0) is 19.1 Å². The van der Waals surface area contributed by atoms with Gasteiger partial charge in [-0.1, -0.05) is 17.7 Å². The molecule has 2 rings (SSSR count). The van der Waals surface area contributed by atoms with Gasteiger partial charge in [-0.2, -0.15) is 0 Å². The highest BCUT2D eigenvalue weighted by Crippen LogP contribution is 2.28. The summed E-state index contributed by atoms with van der Waals surface area (Å²) < 4.78 is 5.36. The second-order valence-corrected chi connectivity index (χ2v) is 6.77. The molecule has 4 nitrogen and oxygen atoms in total. The first-order chi connectivity index (χ1) is 11.3. The lowest BCUT2D eigenvalue weighted by Gasteiger charge is -2.16. The number of carbonyl (C=O) groups excluding carboxylic acids is 3. The Labute approximate surface area is 143 Å². The molecule has 2 atom stereocenters. The van der Waals surface area contributed by atoms with Crippen LogP contribution < -0.4 is 0 Å².